The van der Waals surface area contributed by atoms with Gasteiger partial charge in [-0.1, -0.05) is 0 Å². The topological polar surface area (TPSA) is 59.9 Å². The third-order valence-electron chi connectivity index (χ3n) is 1.81. The predicted molar refractivity (Wildman–Crippen MR) is 57.6 cm³/mol. The van der Waals surface area contributed by atoms with Crippen LogP contribution >= 0.6 is 22.3 Å². The van der Waals surface area contributed by atoms with E-state index in [0.29, 0.717) is 10.9 Å². The summed E-state index contributed by atoms with van der Waals surface area (Å²) in [7, 11) is 1.46. The molecule has 0 aliphatic heterocycles. The van der Waals surface area contributed by atoms with Crippen molar-refractivity contribution in [2.45, 2.75) is 4.90 Å². The van der Waals surface area contributed by atoms with E-state index in [1.807, 2.05) is 0 Å². The maximum Gasteiger partial charge on any atom is 0.261 e. The van der Waals surface area contributed by atoms with Gasteiger partial charge in [-0.25, -0.2) is 18.4 Å². The van der Waals surface area contributed by atoms with Crippen molar-refractivity contribution in [3.05, 3.63) is 29.7 Å². The van der Waals surface area contributed by atoms with Crippen molar-refractivity contribution < 1.29 is 8.42 Å². The fraction of sp³-hybridized carbons (Fsp3) is 0. The Morgan fingerprint density at radius 1 is 1.27 bits per heavy atom. The van der Waals surface area contributed by atoms with Crippen LogP contribution in [0.1, 0.15) is 0 Å². The first-order valence-corrected chi connectivity index (χ1v) is 6.52. The molecule has 7 heteroatoms. The lowest BCUT2D eigenvalue weighted by atomic mass is 10.2. The van der Waals surface area contributed by atoms with Gasteiger partial charge >= 0.3 is 0 Å². The van der Waals surface area contributed by atoms with Gasteiger partial charge in [0.15, 0.2) is 0 Å². The van der Waals surface area contributed by atoms with Crippen molar-refractivity contribution in [2.24, 2.45) is 0 Å². The van der Waals surface area contributed by atoms with Crippen molar-refractivity contribution >= 4 is 42.2 Å². The highest BCUT2D eigenvalue weighted by molar-refractivity contribution is 8.13. The standard InChI is InChI=1S/C8H4Cl2N2O2S/c9-8-11-4-5-1-2-6(15(10,13)14)3-7(5)12-8/h1-4H. The lowest BCUT2D eigenvalue weighted by Crippen LogP contribution is -1.91. The Kier molecular flexibility index (Phi) is 2.54. The highest BCUT2D eigenvalue weighted by Crippen LogP contribution is 2.20. The second kappa shape index (κ2) is 3.59. The van der Waals surface area contributed by atoms with E-state index >= 15 is 0 Å². The van der Waals surface area contributed by atoms with Crippen LogP contribution in [0.15, 0.2) is 29.3 Å². The van der Waals surface area contributed by atoms with E-state index < -0.39 is 9.05 Å². The van der Waals surface area contributed by atoms with Crippen LogP contribution in [0.25, 0.3) is 10.9 Å². The monoisotopic (exact) mass is 262 g/mol. The molecule has 4 nitrogen and oxygen atoms in total. The van der Waals surface area contributed by atoms with Crippen LogP contribution in [0.2, 0.25) is 5.28 Å². The van der Waals surface area contributed by atoms with E-state index in [0.717, 1.165) is 0 Å². The maximum atomic E-state index is 11.1. The molecule has 0 spiro atoms. The van der Waals surface area contributed by atoms with Crippen LogP contribution in [0, 0.1) is 0 Å². The fourth-order valence-electron chi connectivity index (χ4n) is 1.13. The summed E-state index contributed by atoms with van der Waals surface area (Å²) in [5.41, 5.74) is 0.441. The maximum absolute atomic E-state index is 11.1. The number of aromatic nitrogens is 2. The SMILES string of the molecule is O=S(=O)(Cl)c1ccc2cnc(Cl)nc2c1. The molecule has 0 saturated heterocycles. The zero-order chi connectivity index (χ0) is 11.1. The van der Waals surface area contributed by atoms with Gasteiger partial charge in [-0.2, -0.15) is 0 Å². The Balaban J connectivity index is 2.75. The number of hydrogen-bond donors (Lipinski definition) is 0. The van der Waals surface area contributed by atoms with Gasteiger partial charge in [-0.05, 0) is 29.8 Å². The summed E-state index contributed by atoms with van der Waals surface area (Å²) in [4.78, 5) is 7.64. The normalized spacial score (nSPS) is 11.9. The van der Waals surface area contributed by atoms with Gasteiger partial charge in [0, 0.05) is 22.3 Å². The van der Waals surface area contributed by atoms with E-state index in [4.69, 9.17) is 22.3 Å². The number of benzene rings is 1. The molecule has 0 radical (unpaired) electrons. The van der Waals surface area contributed by atoms with Crippen molar-refractivity contribution in [3.8, 4) is 0 Å². The molecule has 0 aliphatic rings. The summed E-state index contributed by atoms with van der Waals surface area (Å²) >= 11 is 5.58. The van der Waals surface area contributed by atoms with Crippen LogP contribution in [0.5, 0.6) is 0 Å². The molecule has 0 amide bonds. The third-order valence-corrected chi connectivity index (χ3v) is 3.34. The Hall–Kier alpha value is -0.910. The molecule has 0 aliphatic carbocycles. The van der Waals surface area contributed by atoms with Crippen molar-refractivity contribution in [1.82, 2.24) is 9.97 Å². The molecule has 2 rings (SSSR count). The highest BCUT2D eigenvalue weighted by Gasteiger charge is 2.10. The minimum absolute atomic E-state index is 0.00793. The molecule has 1 aromatic heterocycles. The average Bonchev–Trinajstić information content (AvgIpc) is 2.15. The third kappa shape index (κ3) is 2.19. The molecule has 1 aromatic carbocycles. The molecular formula is C8H4Cl2N2O2S. The molecule has 0 unspecified atom stereocenters. The Labute approximate surface area is 95.3 Å². The smallest absolute Gasteiger partial charge is 0.226 e. The van der Waals surface area contributed by atoms with E-state index in [-0.39, 0.29) is 10.2 Å². The molecule has 0 saturated carbocycles. The minimum atomic E-state index is -3.74. The Bertz CT molecular complexity index is 628. The Morgan fingerprint density at radius 2 is 2.00 bits per heavy atom. The number of halogens is 2. The van der Waals surface area contributed by atoms with Crippen molar-refractivity contribution in [1.29, 1.82) is 0 Å². The molecule has 0 N–H and O–H groups in total. The molecular weight excluding hydrogens is 259 g/mol. The van der Waals surface area contributed by atoms with Crippen molar-refractivity contribution in [3.63, 3.8) is 0 Å². The molecule has 0 fully saturated rings. The van der Waals surface area contributed by atoms with Gasteiger partial charge < -0.3 is 0 Å². The van der Waals surface area contributed by atoms with Gasteiger partial charge in [0.25, 0.3) is 9.05 Å². The largest absolute Gasteiger partial charge is 0.261 e. The van der Waals surface area contributed by atoms with Gasteiger partial charge in [-0.15, -0.1) is 0 Å². The fourth-order valence-corrected chi connectivity index (χ4v) is 2.04. The molecule has 0 atom stereocenters. The zero-order valence-corrected chi connectivity index (χ0v) is 9.51. The second-order valence-corrected chi connectivity index (χ2v) is 5.70. The summed E-state index contributed by atoms with van der Waals surface area (Å²) in [5, 5.41) is 0.759. The zero-order valence-electron chi connectivity index (χ0n) is 7.18. The Morgan fingerprint density at radius 3 is 2.67 bits per heavy atom. The first kappa shape index (κ1) is 10.6. The highest BCUT2D eigenvalue weighted by atomic mass is 35.7. The number of nitrogens with zero attached hydrogens (tertiary/aromatic N) is 2. The van der Waals surface area contributed by atoms with Crippen LogP contribution in [-0.4, -0.2) is 18.4 Å². The van der Waals surface area contributed by atoms with Gasteiger partial charge in [-0.3, -0.25) is 0 Å². The molecule has 1 heterocycles. The van der Waals surface area contributed by atoms with Crippen LogP contribution in [0.3, 0.4) is 0 Å². The summed E-state index contributed by atoms with van der Waals surface area (Å²) in [5.74, 6) is 0. The summed E-state index contributed by atoms with van der Waals surface area (Å²) in [6, 6.07) is 4.31. The van der Waals surface area contributed by atoms with E-state index in [9.17, 15) is 8.42 Å². The molecule has 78 valence electrons. The lowest BCUT2D eigenvalue weighted by Gasteiger charge is -1.99. The predicted octanol–water partition coefficient (Wildman–Crippen LogP) is 2.21. The van der Waals surface area contributed by atoms with E-state index in [2.05, 4.69) is 9.97 Å². The van der Waals surface area contributed by atoms with Crippen molar-refractivity contribution in [2.75, 3.05) is 0 Å². The number of rotatable bonds is 1. The average molecular weight is 263 g/mol. The summed E-state index contributed by atoms with van der Waals surface area (Å²) in [6.45, 7) is 0. The molecule has 15 heavy (non-hydrogen) atoms. The quantitative estimate of drug-likeness (QED) is 0.584. The van der Waals surface area contributed by atoms with E-state index in [1.54, 1.807) is 6.07 Å². The van der Waals surface area contributed by atoms with E-state index in [1.165, 1.54) is 18.3 Å². The van der Waals surface area contributed by atoms with Crippen LogP contribution in [-0.2, 0) is 9.05 Å². The minimum Gasteiger partial charge on any atom is -0.226 e. The second-order valence-electron chi connectivity index (χ2n) is 2.80. The van der Waals surface area contributed by atoms with Crippen LogP contribution < -0.4 is 0 Å². The summed E-state index contributed by atoms with van der Waals surface area (Å²) in [6.07, 6.45) is 1.51. The first-order chi connectivity index (χ1) is 6.97. The van der Waals surface area contributed by atoms with Gasteiger partial charge in [0.05, 0.1) is 10.4 Å². The summed E-state index contributed by atoms with van der Waals surface area (Å²) < 4.78 is 22.1. The van der Waals surface area contributed by atoms with Gasteiger partial charge in [0.1, 0.15) is 0 Å². The lowest BCUT2D eigenvalue weighted by molar-refractivity contribution is 0.609. The van der Waals surface area contributed by atoms with Crippen LogP contribution in [0.4, 0.5) is 0 Å². The molecule has 2 aromatic rings. The number of hydrogen-bond acceptors (Lipinski definition) is 4. The number of fused-ring (bicyclic) bond motifs is 1. The van der Waals surface area contributed by atoms with Gasteiger partial charge in [0.2, 0.25) is 5.28 Å². The first-order valence-electron chi connectivity index (χ1n) is 3.84. The molecule has 0 bridgehead atoms.